The maximum Gasteiger partial charge on any atom is 0.430 e. The highest BCUT2D eigenvalue weighted by Crippen LogP contribution is 2.45. The summed E-state index contributed by atoms with van der Waals surface area (Å²) in [6, 6.07) is 0. The lowest BCUT2D eigenvalue weighted by Crippen LogP contribution is -2.56. The molecule has 0 aliphatic carbocycles. The van der Waals surface area contributed by atoms with Gasteiger partial charge in [-0.2, -0.15) is 22.0 Å². The lowest BCUT2D eigenvalue weighted by Gasteiger charge is -2.36. The van der Waals surface area contributed by atoms with Crippen LogP contribution in [0.1, 0.15) is 45.4 Å². The SMILES string of the molecule is C=C(CC1CCN(C(F)C(F)(C(=C)C)C(F)(F)F)C1)C(F)(F)C(F)N1CCCCCC1. The molecule has 0 aromatic heterocycles. The smallest absolute Gasteiger partial charge is 0.270 e. The van der Waals surface area contributed by atoms with E-state index in [0.29, 0.717) is 17.7 Å². The minimum Gasteiger partial charge on any atom is -0.270 e. The van der Waals surface area contributed by atoms with Crippen LogP contribution in [0.15, 0.2) is 24.3 Å². The van der Waals surface area contributed by atoms with Crippen molar-refractivity contribution in [3.05, 3.63) is 24.3 Å². The Morgan fingerprint density at radius 3 is 1.90 bits per heavy atom. The zero-order valence-corrected chi connectivity index (χ0v) is 17.6. The summed E-state index contributed by atoms with van der Waals surface area (Å²) in [6.45, 7) is 6.81. The molecule has 0 radical (unpaired) electrons. The fourth-order valence-corrected chi connectivity index (χ4v) is 4.27. The molecular weight excluding hydrogens is 432 g/mol. The second-order valence-corrected chi connectivity index (χ2v) is 8.69. The van der Waals surface area contributed by atoms with Crippen molar-refractivity contribution in [3.8, 4) is 0 Å². The Morgan fingerprint density at radius 2 is 1.42 bits per heavy atom. The third-order valence-electron chi connectivity index (χ3n) is 6.27. The molecule has 0 saturated carbocycles. The van der Waals surface area contributed by atoms with E-state index in [1.807, 2.05) is 0 Å². The van der Waals surface area contributed by atoms with Crippen LogP contribution in [0.2, 0.25) is 0 Å². The molecule has 2 heterocycles. The summed E-state index contributed by atoms with van der Waals surface area (Å²) >= 11 is 0. The van der Waals surface area contributed by atoms with Crippen molar-refractivity contribution in [2.45, 2.75) is 75.8 Å². The van der Waals surface area contributed by atoms with Gasteiger partial charge in [-0.3, -0.25) is 9.80 Å². The molecule has 2 saturated heterocycles. The van der Waals surface area contributed by atoms with Crippen LogP contribution in [-0.4, -0.2) is 66.3 Å². The van der Waals surface area contributed by atoms with Gasteiger partial charge in [-0.25, -0.2) is 13.2 Å². The average Bonchev–Trinajstić information content (AvgIpc) is 2.97. The Morgan fingerprint density at radius 1 is 0.871 bits per heavy atom. The standard InChI is InChI=1S/C21H30F8N2/c1-14(2)19(24,21(27,28)29)17(22)31-11-8-16(13-31)12-15(3)20(25,26)18(23)30-9-6-4-5-7-10-30/h16-18H,1,3-13H2,2H3. The molecule has 2 nitrogen and oxygen atoms in total. The molecule has 0 N–H and O–H groups in total. The van der Waals surface area contributed by atoms with Gasteiger partial charge in [0.15, 0.2) is 0 Å². The number of halogens is 8. The van der Waals surface area contributed by atoms with Crippen molar-refractivity contribution >= 4 is 0 Å². The van der Waals surface area contributed by atoms with E-state index >= 15 is 0 Å². The van der Waals surface area contributed by atoms with Gasteiger partial charge in [0.2, 0.25) is 12.6 Å². The van der Waals surface area contributed by atoms with E-state index in [1.54, 1.807) is 0 Å². The second-order valence-electron chi connectivity index (χ2n) is 8.69. The predicted molar refractivity (Wildman–Crippen MR) is 103 cm³/mol. The van der Waals surface area contributed by atoms with E-state index < -0.39 is 47.4 Å². The minimum absolute atomic E-state index is 0.0698. The van der Waals surface area contributed by atoms with Crippen molar-refractivity contribution in [2.24, 2.45) is 5.92 Å². The number of hydrogen-bond acceptors (Lipinski definition) is 2. The first-order chi connectivity index (χ1) is 14.2. The fraction of sp³-hybridized carbons (Fsp3) is 0.810. The Hall–Kier alpha value is -1.16. The van der Waals surface area contributed by atoms with Gasteiger partial charge in [-0.05, 0) is 49.7 Å². The average molecular weight is 462 g/mol. The van der Waals surface area contributed by atoms with Gasteiger partial charge in [0.25, 0.3) is 5.67 Å². The first-order valence-electron chi connectivity index (χ1n) is 10.5. The molecule has 2 rings (SSSR count). The lowest BCUT2D eigenvalue weighted by atomic mass is 9.94. The number of hydrogen-bond donors (Lipinski definition) is 0. The van der Waals surface area contributed by atoms with E-state index in [1.165, 1.54) is 0 Å². The maximum atomic E-state index is 14.7. The summed E-state index contributed by atoms with van der Waals surface area (Å²) < 4.78 is 113. The van der Waals surface area contributed by atoms with Crippen molar-refractivity contribution in [3.63, 3.8) is 0 Å². The quantitative estimate of drug-likeness (QED) is 0.241. The predicted octanol–water partition coefficient (Wildman–Crippen LogP) is 6.20. The van der Waals surface area contributed by atoms with E-state index in [2.05, 4.69) is 13.2 Å². The van der Waals surface area contributed by atoms with Gasteiger partial charge in [0.1, 0.15) is 0 Å². The summed E-state index contributed by atoms with van der Waals surface area (Å²) in [4.78, 5) is 1.73. The van der Waals surface area contributed by atoms with Crippen LogP contribution in [0.3, 0.4) is 0 Å². The number of likely N-dealkylation sites (tertiary alicyclic amines) is 2. The van der Waals surface area contributed by atoms with Gasteiger partial charge in [-0.15, -0.1) is 0 Å². The molecule has 31 heavy (non-hydrogen) atoms. The highest BCUT2D eigenvalue weighted by molar-refractivity contribution is 5.18. The monoisotopic (exact) mass is 462 g/mol. The third-order valence-corrected chi connectivity index (χ3v) is 6.27. The molecule has 0 spiro atoms. The fourth-order valence-electron chi connectivity index (χ4n) is 4.27. The molecule has 4 unspecified atom stereocenters. The molecule has 2 aliphatic heterocycles. The number of nitrogens with zero attached hydrogens (tertiary/aromatic N) is 2. The second kappa shape index (κ2) is 9.77. The molecule has 0 aromatic rings. The van der Waals surface area contributed by atoms with Crippen molar-refractivity contribution in [1.82, 2.24) is 9.80 Å². The summed E-state index contributed by atoms with van der Waals surface area (Å²) in [6.07, 6.45) is -8.50. The van der Waals surface area contributed by atoms with Gasteiger partial charge in [0.05, 0.1) is 0 Å². The molecule has 0 aromatic carbocycles. The highest BCUT2D eigenvalue weighted by Gasteiger charge is 2.64. The van der Waals surface area contributed by atoms with Crippen LogP contribution in [0.4, 0.5) is 35.1 Å². The van der Waals surface area contributed by atoms with E-state index in [-0.39, 0.29) is 39.0 Å². The van der Waals surface area contributed by atoms with Gasteiger partial charge >= 0.3 is 12.1 Å². The molecule has 2 aliphatic rings. The Kier molecular flexibility index (Phi) is 8.22. The number of alkyl halides is 8. The normalized spacial score (nSPS) is 26.2. The lowest BCUT2D eigenvalue weighted by molar-refractivity contribution is -0.251. The molecule has 2 fully saturated rings. The van der Waals surface area contributed by atoms with Gasteiger partial charge < -0.3 is 0 Å². The van der Waals surface area contributed by atoms with Crippen LogP contribution in [0, 0.1) is 5.92 Å². The highest BCUT2D eigenvalue weighted by atomic mass is 19.4. The number of rotatable bonds is 8. The van der Waals surface area contributed by atoms with Crippen LogP contribution in [-0.2, 0) is 0 Å². The van der Waals surface area contributed by atoms with Gasteiger partial charge in [-0.1, -0.05) is 26.0 Å². The Balaban J connectivity index is 2.01. The van der Waals surface area contributed by atoms with Crippen molar-refractivity contribution in [1.29, 1.82) is 0 Å². The van der Waals surface area contributed by atoms with E-state index in [9.17, 15) is 35.1 Å². The topological polar surface area (TPSA) is 6.48 Å². The molecule has 0 amide bonds. The molecular formula is C21H30F8N2. The van der Waals surface area contributed by atoms with Gasteiger partial charge in [0, 0.05) is 26.2 Å². The maximum absolute atomic E-state index is 14.7. The Labute approximate surface area is 177 Å². The summed E-state index contributed by atoms with van der Waals surface area (Å²) in [7, 11) is 0. The van der Waals surface area contributed by atoms with Crippen LogP contribution in [0.5, 0.6) is 0 Å². The van der Waals surface area contributed by atoms with Crippen molar-refractivity contribution < 1.29 is 35.1 Å². The van der Waals surface area contributed by atoms with E-state index in [4.69, 9.17) is 0 Å². The molecule has 10 heteroatoms. The summed E-state index contributed by atoms with van der Waals surface area (Å²) in [5.41, 5.74) is -5.97. The third kappa shape index (κ3) is 5.43. The van der Waals surface area contributed by atoms with E-state index in [0.717, 1.165) is 24.7 Å². The van der Waals surface area contributed by atoms with Crippen LogP contribution < -0.4 is 0 Å². The molecule has 180 valence electrons. The minimum atomic E-state index is -5.51. The zero-order valence-electron chi connectivity index (χ0n) is 17.6. The molecule has 4 atom stereocenters. The van der Waals surface area contributed by atoms with Crippen LogP contribution >= 0.6 is 0 Å². The van der Waals surface area contributed by atoms with Crippen molar-refractivity contribution in [2.75, 3.05) is 26.2 Å². The molecule has 0 bridgehead atoms. The first-order valence-corrected chi connectivity index (χ1v) is 10.5. The Bertz CT molecular complexity index is 642. The first kappa shape index (κ1) is 26.1. The largest absolute Gasteiger partial charge is 0.430 e. The van der Waals surface area contributed by atoms with Crippen LogP contribution in [0.25, 0.3) is 0 Å². The summed E-state index contributed by atoms with van der Waals surface area (Å²) in [5, 5.41) is 0. The zero-order chi connectivity index (χ0) is 23.6. The summed E-state index contributed by atoms with van der Waals surface area (Å²) in [5.74, 6) is -4.53.